The molecule has 0 nitrogen and oxygen atoms in total. The number of halogens is 1. The molecule has 44 valence electrons. The Hall–Kier alpha value is -0.0500. The van der Waals surface area contributed by atoms with Gasteiger partial charge in [0.15, 0.2) is 0 Å². The molecule has 0 saturated heterocycles. The van der Waals surface area contributed by atoms with Crippen molar-refractivity contribution < 1.29 is 0 Å². The van der Waals surface area contributed by atoms with E-state index < -0.39 is 0 Å². The molecule has 2 radical (unpaired) electrons. The van der Waals surface area contributed by atoms with E-state index in [9.17, 15) is 0 Å². The molecule has 0 amide bonds. The van der Waals surface area contributed by atoms with Crippen molar-refractivity contribution >= 4 is 43.7 Å². The molecule has 0 aromatic carbocycles. The molecule has 2 aromatic heterocycles. The zero-order valence-corrected chi connectivity index (χ0v) is 6.66. The summed E-state index contributed by atoms with van der Waals surface area (Å²) >= 11 is 8.84. The van der Waals surface area contributed by atoms with Gasteiger partial charge in [-0.1, -0.05) is 11.6 Å². The lowest BCUT2D eigenvalue weighted by Crippen LogP contribution is -1.43. The van der Waals surface area contributed by atoms with Crippen molar-refractivity contribution in [3.8, 4) is 0 Å². The summed E-state index contributed by atoms with van der Waals surface area (Å²) < 4.78 is 2.30. The molecule has 0 aliphatic heterocycles. The van der Waals surface area contributed by atoms with Crippen LogP contribution in [0.1, 0.15) is 0 Å². The van der Waals surface area contributed by atoms with E-state index in [1.807, 2.05) is 6.07 Å². The smallest absolute Gasteiger partial charge is 0.0779 e. The number of thiophene rings is 2. The van der Waals surface area contributed by atoms with Crippen LogP contribution in [0.2, 0.25) is 5.02 Å². The summed E-state index contributed by atoms with van der Waals surface area (Å²) in [5.41, 5.74) is 0. The number of hydrogen-bond acceptors (Lipinski definition) is 2. The molecule has 0 atom stereocenters. The topological polar surface area (TPSA) is 0 Å². The molecule has 0 aliphatic rings. The molecule has 0 spiro atoms. The van der Waals surface area contributed by atoms with Gasteiger partial charge in [-0.05, 0) is 6.07 Å². The van der Waals surface area contributed by atoms with Gasteiger partial charge in [0.1, 0.15) is 0 Å². The van der Waals surface area contributed by atoms with Gasteiger partial charge in [0, 0.05) is 10.1 Å². The first-order chi connectivity index (χ1) is 4.38. The van der Waals surface area contributed by atoms with E-state index in [0.29, 0.717) is 0 Å². The first-order valence-electron chi connectivity index (χ1n) is 2.33. The second kappa shape index (κ2) is 1.97. The summed E-state index contributed by atoms with van der Waals surface area (Å²) in [6, 6.07) is 1.94. The Balaban J connectivity index is 2.99. The van der Waals surface area contributed by atoms with Gasteiger partial charge in [0.05, 0.1) is 15.1 Å². The third-order valence-corrected chi connectivity index (χ3v) is 3.37. The maximum Gasteiger partial charge on any atom is 0.0779 e. The van der Waals surface area contributed by atoms with Gasteiger partial charge in [0.25, 0.3) is 0 Å². The van der Waals surface area contributed by atoms with Crippen molar-refractivity contribution in [1.82, 2.24) is 0 Å². The Morgan fingerprint density at radius 3 is 3.11 bits per heavy atom. The number of rotatable bonds is 0. The van der Waals surface area contributed by atoms with E-state index in [-0.39, 0.29) is 0 Å². The normalized spacial score (nSPS) is 10.8. The number of hydrogen-bond donors (Lipinski definition) is 0. The Bertz CT molecular complexity index is 320. The van der Waals surface area contributed by atoms with Gasteiger partial charge < -0.3 is 0 Å². The molecular formula is C6HClS2. The van der Waals surface area contributed by atoms with Crippen LogP contribution in [0.25, 0.3) is 9.40 Å². The molecule has 0 fully saturated rings. The molecule has 2 heterocycles. The Morgan fingerprint density at radius 1 is 1.44 bits per heavy atom. The maximum absolute atomic E-state index is 5.76. The predicted molar refractivity (Wildman–Crippen MR) is 42.4 cm³/mol. The van der Waals surface area contributed by atoms with Gasteiger partial charge in [0.2, 0.25) is 0 Å². The molecule has 9 heavy (non-hydrogen) atoms. The van der Waals surface area contributed by atoms with Gasteiger partial charge in [-0.2, -0.15) is 0 Å². The third-order valence-electron chi connectivity index (χ3n) is 1.02. The first-order valence-corrected chi connectivity index (χ1v) is 4.34. The standard InChI is InChI=1S/C6HClS2/c7-4-3-9-5-1-2-8-6(4)5/h1H. The van der Waals surface area contributed by atoms with Crippen molar-refractivity contribution in [2.24, 2.45) is 0 Å². The lowest BCUT2D eigenvalue weighted by atomic mass is 10.5. The van der Waals surface area contributed by atoms with Crippen molar-refractivity contribution in [2.75, 3.05) is 0 Å². The molecule has 0 bridgehead atoms. The predicted octanol–water partition coefficient (Wildman–Crippen LogP) is 3.22. The van der Waals surface area contributed by atoms with Gasteiger partial charge >= 0.3 is 0 Å². The second-order valence-electron chi connectivity index (χ2n) is 1.58. The Morgan fingerprint density at radius 2 is 2.33 bits per heavy atom. The molecular weight excluding hydrogens is 172 g/mol. The highest BCUT2D eigenvalue weighted by molar-refractivity contribution is 7.26. The average molecular weight is 173 g/mol. The van der Waals surface area contributed by atoms with Crippen LogP contribution >= 0.6 is 34.3 Å². The summed E-state index contributed by atoms with van der Waals surface area (Å²) in [6.07, 6.45) is 0. The van der Waals surface area contributed by atoms with Crippen LogP contribution < -0.4 is 0 Å². The van der Waals surface area contributed by atoms with Crippen LogP contribution in [0.4, 0.5) is 0 Å². The molecule has 2 aromatic rings. The summed E-state index contributed by atoms with van der Waals surface area (Å²) in [7, 11) is 0. The van der Waals surface area contributed by atoms with Crippen LogP contribution in [0.5, 0.6) is 0 Å². The summed E-state index contributed by atoms with van der Waals surface area (Å²) in [5.74, 6) is 0. The highest BCUT2D eigenvalue weighted by Crippen LogP contribution is 2.32. The van der Waals surface area contributed by atoms with Crippen LogP contribution in [0.3, 0.4) is 0 Å². The fourth-order valence-corrected chi connectivity index (χ4v) is 2.62. The fraction of sp³-hybridized carbons (Fsp3) is 0. The average Bonchev–Trinajstić information content (AvgIpc) is 2.35. The lowest BCUT2D eigenvalue weighted by molar-refractivity contribution is 2.18. The minimum absolute atomic E-state index is 0.737. The first kappa shape index (κ1) is 5.71. The molecule has 0 saturated carbocycles. The molecule has 2 rings (SSSR count). The van der Waals surface area contributed by atoms with Crippen molar-refractivity contribution in [1.29, 1.82) is 0 Å². The lowest BCUT2D eigenvalue weighted by Gasteiger charge is -1.71. The fourth-order valence-electron chi connectivity index (χ4n) is 0.633. The second-order valence-corrected chi connectivity index (χ2v) is 3.65. The van der Waals surface area contributed by atoms with Gasteiger partial charge in [-0.3, -0.25) is 0 Å². The Kier molecular flexibility index (Phi) is 1.25. The van der Waals surface area contributed by atoms with Gasteiger partial charge in [-0.15, -0.1) is 22.7 Å². The van der Waals surface area contributed by atoms with E-state index in [0.717, 1.165) is 9.72 Å². The van der Waals surface area contributed by atoms with Crippen molar-refractivity contribution in [2.45, 2.75) is 0 Å². The van der Waals surface area contributed by atoms with E-state index in [4.69, 9.17) is 11.6 Å². The van der Waals surface area contributed by atoms with Crippen molar-refractivity contribution in [3.05, 3.63) is 21.8 Å². The minimum Gasteiger partial charge on any atom is -0.132 e. The monoisotopic (exact) mass is 172 g/mol. The zero-order chi connectivity index (χ0) is 6.27. The van der Waals surface area contributed by atoms with Crippen LogP contribution in [0, 0.1) is 10.8 Å². The van der Waals surface area contributed by atoms with E-state index in [2.05, 4.69) is 10.8 Å². The quantitative estimate of drug-likeness (QED) is 0.573. The largest absolute Gasteiger partial charge is 0.132 e. The SMILES string of the molecule is Clc1[c]sc2c[c]sc12. The van der Waals surface area contributed by atoms with Gasteiger partial charge in [-0.25, -0.2) is 0 Å². The van der Waals surface area contributed by atoms with Crippen LogP contribution in [-0.4, -0.2) is 0 Å². The zero-order valence-electron chi connectivity index (χ0n) is 4.27. The maximum atomic E-state index is 5.76. The summed E-state index contributed by atoms with van der Waals surface area (Å²) in [4.78, 5) is 0. The molecule has 0 N–H and O–H groups in total. The van der Waals surface area contributed by atoms with E-state index in [1.54, 1.807) is 22.7 Å². The number of fused-ring (bicyclic) bond motifs is 1. The summed E-state index contributed by atoms with van der Waals surface area (Å²) in [6.45, 7) is 0. The van der Waals surface area contributed by atoms with E-state index in [1.165, 1.54) is 4.70 Å². The van der Waals surface area contributed by atoms with Crippen LogP contribution in [0.15, 0.2) is 6.07 Å². The molecule has 3 heteroatoms. The van der Waals surface area contributed by atoms with Crippen molar-refractivity contribution in [3.63, 3.8) is 0 Å². The highest BCUT2D eigenvalue weighted by Gasteiger charge is 2.01. The Labute approximate surface area is 65.7 Å². The minimum atomic E-state index is 0.737. The highest BCUT2D eigenvalue weighted by atomic mass is 35.5. The summed E-state index contributed by atoms with van der Waals surface area (Å²) in [5, 5.41) is 6.70. The van der Waals surface area contributed by atoms with Crippen LogP contribution in [-0.2, 0) is 0 Å². The van der Waals surface area contributed by atoms with E-state index >= 15 is 0 Å². The molecule has 0 aliphatic carbocycles. The third kappa shape index (κ3) is 0.784. The molecule has 0 unspecified atom stereocenters.